The highest BCUT2D eigenvalue weighted by Crippen LogP contribution is 2.40. The maximum absolute atomic E-state index is 12.8. The van der Waals surface area contributed by atoms with Gasteiger partial charge in [0.05, 0.1) is 18.0 Å². The molecule has 1 saturated carbocycles. The van der Waals surface area contributed by atoms with E-state index in [9.17, 15) is 9.59 Å². The van der Waals surface area contributed by atoms with Crippen LogP contribution in [0.4, 0.5) is 0 Å². The second-order valence-electron chi connectivity index (χ2n) is 10.3. The Balaban J connectivity index is 1.42. The number of nitrogens with zero attached hydrogens (tertiary/aromatic N) is 2. The quantitative estimate of drug-likeness (QED) is 0.575. The SMILES string of the molecule is CCC1(CCCc2ccc3c(c2)C(NC=O)CC(C)(C)O3)CC(=O)N(CC2CC2)C(N)=N1. The number of fused-ring (bicyclic) bond motifs is 1. The van der Waals surface area contributed by atoms with Crippen LogP contribution >= 0.6 is 0 Å². The third-order valence-electron chi connectivity index (χ3n) is 7.11. The van der Waals surface area contributed by atoms with Crippen molar-refractivity contribution in [2.75, 3.05) is 6.54 Å². The number of hydrogen-bond donors (Lipinski definition) is 2. The zero-order valence-electron chi connectivity index (χ0n) is 19.5. The summed E-state index contributed by atoms with van der Waals surface area (Å²) in [7, 11) is 0. The molecule has 4 rings (SSSR count). The first-order valence-corrected chi connectivity index (χ1v) is 11.9. The summed E-state index contributed by atoms with van der Waals surface area (Å²) in [5.74, 6) is 1.94. The lowest BCUT2D eigenvalue weighted by atomic mass is 9.84. The third kappa shape index (κ3) is 4.92. The molecule has 1 aromatic rings. The molecule has 0 bridgehead atoms. The molecule has 1 fully saturated rings. The summed E-state index contributed by atoms with van der Waals surface area (Å²) in [6, 6.07) is 6.20. The number of carbonyl (C=O) groups excluding carboxylic acids is 2. The molecule has 0 aromatic heterocycles. The van der Waals surface area contributed by atoms with E-state index >= 15 is 0 Å². The van der Waals surface area contributed by atoms with E-state index in [1.165, 1.54) is 18.4 Å². The minimum absolute atomic E-state index is 0.0500. The summed E-state index contributed by atoms with van der Waals surface area (Å²) in [5.41, 5.74) is 7.74. The van der Waals surface area contributed by atoms with Gasteiger partial charge in [-0.05, 0) is 69.9 Å². The van der Waals surface area contributed by atoms with Crippen molar-refractivity contribution in [3.05, 3.63) is 29.3 Å². The van der Waals surface area contributed by atoms with E-state index in [0.29, 0.717) is 18.3 Å². The lowest BCUT2D eigenvalue weighted by Crippen LogP contribution is -2.52. The van der Waals surface area contributed by atoms with E-state index in [2.05, 4.69) is 24.4 Å². The minimum Gasteiger partial charge on any atom is -0.487 e. The molecule has 2 aliphatic heterocycles. The van der Waals surface area contributed by atoms with Gasteiger partial charge < -0.3 is 15.8 Å². The number of guanidine groups is 1. The van der Waals surface area contributed by atoms with Crippen molar-refractivity contribution in [1.82, 2.24) is 10.2 Å². The van der Waals surface area contributed by atoms with E-state index in [1.54, 1.807) is 4.90 Å². The fourth-order valence-corrected chi connectivity index (χ4v) is 5.04. The van der Waals surface area contributed by atoms with Crippen molar-refractivity contribution in [2.24, 2.45) is 16.6 Å². The zero-order valence-corrected chi connectivity index (χ0v) is 19.5. The second kappa shape index (κ2) is 8.75. The molecular weight excluding hydrogens is 404 g/mol. The van der Waals surface area contributed by atoms with E-state index in [0.717, 1.165) is 56.4 Å². The standard InChI is InChI=1S/C25H36N4O3/c1-4-25(14-22(31)29(23(26)28-25)15-18-7-8-18)11-5-6-17-9-10-21-19(12-17)20(27-16-30)13-24(2,3)32-21/h9-10,12,16,18,20H,4-8,11,13-15H2,1-3H3,(H2,26,28)(H,27,30). The molecule has 2 atom stereocenters. The minimum atomic E-state index is -0.399. The Kier molecular flexibility index (Phi) is 6.19. The molecule has 7 nitrogen and oxygen atoms in total. The summed E-state index contributed by atoms with van der Waals surface area (Å²) < 4.78 is 6.12. The number of rotatable bonds is 9. The van der Waals surface area contributed by atoms with Gasteiger partial charge >= 0.3 is 0 Å². The normalized spacial score (nSPS) is 26.7. The second-order valence-corrected chi connectivity index (χ2v) is 10.3. The Morgan fingerprint density at radius 3 is 2.78 bits per heavy atom. The molecule has 3 aliphatic rings. The Bertz CT molecular complexity index is 908. The predicted molar refractivity (Wildman–Crippen MR) is 124 cm³/mol. The van der Waals surface area contributed by atoms with Gasteiger partial charge in [-0.25, -0.2) is 4.99 Å². The van der Waals surface area contributed by atoms with Crippen LogP contribution in [0.5, 0.6) is 5.75 Å². The lowest BCUT2D eigenvalue weighted by Gasteiger charge is -2.38. The Morgan fingerprint density at radius 1 is 1.34 bits per heavy atom. The molecule has 0 radical (unpaired) electrons. The highest BCUT2D eigenvalue weighted by atomic mass is 16.5. The number of nitrogens with two attached hydrogens (primary N) is 1. The van der Waals surface area contributed by atoms with Crippen LogP contribution in [-0.4, -0.2) is 40.9 Å². The van der Waals surface area contributed by atoms with E-state index in [1.807, 2.05) is 19.9 Å². The van der Waals surface area contributed by atoms with Gasteiger partial charge in [-0.2, -0.15) is 0 Å². The average Bonchev–Trinajstić information content (AvgIpc) is 3.55. The number of ether oxygens (including phenoxy) is 1. The molecule has 2 heterocycles. The summed E-state index contributed by atoms with van der Waals surface area (Å²) in [6.07, 6.45) is 7.72. The van der Waals surface area contributed by atoms with Gasteiger partial charge in [-0.3, -0.25) is 14.5 Å². The van der Waals surface area contributed by atoms with Crippen LogP contribution in [0, 0.1) is 5.92 Å². The molecule has 3 N–H and O–H groups in total. The Labute approximate surface area is 190 Å². The fraction of sp³-hybridized carbons (Fsp3) is 0.640. The van der Waals surface area contributed by atoms with E-state index in [-0.39, 0.29) is 17.6 Å². The first-order valence-electron chi connectivity index (χ1n) is 11.9. The average molecular weight is 441 g/mol. The number of benzene rings is 1. The van der Waals surface area contributed by atoms with Crippen molar-refractivity contribution >= 4 is 18.3 Å². The molecule has 2 unspecified atom stereocenters. The molecule has 7 heteroatoms. The molecule has 1 aliphatic carbocycles. The summed E-state index contributed by atoms with van der Waals surface area (Å²) >= 11 is 0. The van der Waals surface area contributed by atoms with Crippen LogP contribution in [0.3, 0.4) is 0 Å². The molecule has 174 valence electrons. The lowest BCUT2D eigenvalue weighted by molar-refractivity contribution is -0.130. The van der Waals surface area contributed by atoms with Gasteiger partial charge in [0.2, 0.25) is 12.3 Å². The monoisotopic (exact) mass is 440 g/mol. The zero-order chi connectivity index (χ0) is 22.9. The van der Waals surface area contributed by atoms with Gasteiger partial charge in [0.1, 0.15) is 11.4 Å². The van der Waals surface area contributed by atoms with Crippen LogP contribution in [0.2, 0.25) is 0 Å². The Hall–Kier alpha value is -2.57. The van der Waals surface area contributed by atoms with Gasteiger partial charge in [0.15, 0.2) is 5.96 Å². The third-order valence-corrected chi connectivity index (χ3v) is 7.11. The van der Waals surface area contributed by atoms with Gasteiger partial charge in [-0.1, -0.05) is 19.1 Å². The van der Waals surface area contributed by atoms with Crippen molar-refractivity contribution in [3.8, 4) is 5.75 Å². The summed E-state index contributed by atoms with van der Waals surface area (Å²) in [4.78, 5) is 30.5. The largest absolute Gasteiger partial charge is 0.487 e. The van der Waals surface area contributed by atoms with Gasteiger partial charge in [0, 0.05) is 18.5 Å². The van der Waals surface area contributed by atoms with Gasteiger partial charge in [0.25, 0.3) is 0 Å². The van der Waals surface area contributed by atoms with Crippen LogP contribution in [0.25, 0.3) is 0 Å². The highest BCUT2D eigenvalue weighted by molar-refractivity contribution is 5.99. The summed E-state index contributed by atoms with van der Waals surface area (Å²) in [6.45, 7) is 6.89. The number of carbonyl (C=O) groups is 2. The Morgan fingerprint density at radius 2 is 2.12 bits per heavy atom. The molecule has 0 spiro atoms. The maximum atomic E-state index is 12.8. The smallest absolute Gasteiger partial charge is 0.231 e. The van der Waals surface area contributed by atoms with E-state index in [4.69, 9.17) is 15.5 Å². The maximum Gasteiger partial charge on any atom is 0.231 e. The van der Waals surface area contributed by atoms with Crippen molar-refractivity contribution < 1.29 is 14.3 Å². The van der Waals surface area contributed by atoms with Crippen LogP contribution in [0.1, 0.15) is 82.9 Å². The van der Waals surface area contributed by atoms with Crippen LogP contribution < -0.4 is 15.8 Å². The number of amides is 2. The first-order chi connectivity index (χ1) is 15.2. The molecule has 2 amide bonds. The number of nitrogens with one attached hydrogen (secondary N) is 1. The first kappa shape index (κ1) is 22.6. The van der Waals surface area contributed by atoms with Crippen LogP contribution in [-0.2, 0) is 16.0 Å². The topological polar surface area (TPSA) is 97.0 Å². The van der Waals surface area contributed by atoms with Gasteiger partial charge in [-0.15, -0.1) is 0 Å². The number of aryl methyl sites for hydroxylation is 1. The molecule has 1 aromatic carbocycles. The fourth-order valence-electron chi connectivity index (χ4n) is 5.04. The molecule has 32 heavy (non-hydrogen) atoms. The summed E-state index contributed by atoms with van der Waals surface area (Å²) in [5, 5.41) is 2.94. The highest BCUT2D eigenvalue weighted by Gasteiger charge is 2.40. The van der Waals surface area contributed by atoms with E-state index < -0.39 is 5.54 Å². The van der Waals surface area contributed by atoms with Crippen molar-refractivity contribution in [3.63, 3.8) is 0 Å². The van der Waals surface area contributed by atoms with Crippen molar-refractivity contribution in [1.29, 1.82) is 0 Å². The van der Waals surface area contributed by atoms with Crippen molar-refractivity contribution in [2.45, 2.75) is 89.3 Å². The number of hydrogen-bond acceptors (Lipinski definition) is 5. The molecular formula is C25H36N4O3. The predicted octanol–water partition coefficient (Wildman–Crippen LogP) is 3.46. The number of aliphatic imine (C=N–C) groups is 1. The molecule has 0 saturated heterocycles. The van der Waals surface area contributed by atoms with Crippen LogP contribution in [0.15, 0.2) is 23.2 Å².